The van der Waals surface area contributed by atoms with Crippen LogP contribution in [0.5, 0.6) is 0 Å². The summed E-state index contributed by atoms with van der Waals surface area (Å²) in [4.78, 5) is 0. The number of allylic oxidation sites excluding steroid dienone is 4. The molecule has 0 rings (SSSR count). The molecule has 0 spiro atoms. The Kier molecular flexibility index (Phi) is 8.55. The van der Waals surface area contributed by atoms with Crippen LogP contribution in [0.2, 0.25) is 0 Å². The summed E-state index contributed by atoms with van der Waals surface area (Å²) in [6, 6.07) is 0. The zero-order valence-electron chi connectivity index (χ0n) is 7.99. The maximum absolute atomic E-state index is 11.7. The van der Waals surface area contributed by atoms with Crippen molar-refractivity contribution < 1.29 is 13.2 Å². The highest BCUT2D eigenvalue weighted by Crippen LogP contribution is 2.24. The normalized spacial score (nSPS) is 11.3. The van der Waals surface area contributed by atoms with Gasteiger partial charge >= 0.3 is 6.18 Å². The van der Waals surface area contributed by atoms with Crippen LogP contribution >= 0.6 is 0 Å². The monoisotopic (exact) mass is 192 g/mol. The van der Waals surface area contributed by atoms with Gasteiger partial charge in [0, 0.05) is 0 Å². The van der Waals surface area contributed by atoms with E-state index in [4.69, 9.17) is 0 Å². The zero-order valence-corrected chi connectivity index (χ0v) is 7.99. The van der Waals surface area contributed by atoms with Crippen molar-refractivity contribution in [1.82, 2.24) is 0 Å². The van der Waals surface area contributed by atoms with E-state index in [0.29, 0.717) is 0 Å². The van der Waals surface area contributed by atoms with E-state index >= 15 is 0 Å². The second-order valence-corrected chi connectivity index (χ2v) is 1.97. The summed E-state index contributed by atoms with van der Waals surface area (Å²) in [6.45, 7) is 10.5. The summed E-state index contributed by atoms with van der Waals surface area (Å²) in [7, 11) is 0. The third-order valence-electron chi connectivity index (χ3n) is 0.999. The van der Waals surface area contributed by atoms with Crippen LogP contribution in [0.25, 0.3) is 0 Å². The molecule has 0 fully saturated rings. The van der Waals surface area contributed by atoms with Gasteiger partial charge in [0.1, 0.15) is 0 Å². The lowest BCUT2D eigenvalue weighted by molar-refractivity contribution is -0.126. The lowest BCUT2D eigenvalue weighted by atomic mass is 10.1. The average molecular weight is 192 g/mol. The predicted octanol–water partition coefficient (Wildman–Crippen LogP) is 4.26. The van der Waals surface area contributed by atoms with Gasteiger partial charge in [-0.25, -0.2) is 0 Å². The average Bonchev–Trinajstić information content (AvgIpc) is 2.05. The van der Waals surface area contributed by atoms with Gasteiger partial charge < -0.3 is 0 Å². The van der Waals surface area contributed by atoms with Crippen LogP contribution in [0.1, 0.15) is 20.3 Å². The maximum atomic E-state index is 11.7. The second-order valence-electron chi connectivity index (χ2n) is 1.97. The largest absolute Gasteiger partial charge is 0.393 e. The first-order valence-electron chi connectivity index (χ1n) is 4.00. The summed E-state index contributed by atoms with van der Waals surface area (Å²) in [5, 5.41) is 0. The van der Waals surface area contributed by atoms with Crippen LogP contribution in [0.15, 0.2) is 37.0 Å². The molecule has 0 amide bonds. The first-order chi connectivity index (χ1) is 5.99. The van der Waals surface area contributed by atoms with Crippen molar-refractivity contribution in [1.29, 1.82) is 0 Å². The second kappa shape index (κ2) is 7.65. The minimum absolute atomic E-state index is 0.132. The Morgan fingerprint density at radius 3 is 1.92 bits per heavy atom. The molecule has 0 aliphatic heterocycles. The third-order valence-corrected chi connectivity index (χ3v) is 0.999. The van der Waals surface area contributed by atoms with Crippen LogP contribution in [-0.2, 0) is 0 Å². The Labute approximate surface area is 77.5 Å². The Morgan fingerprint density at radius 2 is 1.69 bits per heavy atom. The first-order valence-corrected chi connectivity index (χ1v) is 4.00. The van der Waals surface area contributed by atoms with Crippen molar-refractivity contribution in [3.63, 3.8) is 0 Å². The molecule has 76 valence electrons. The molecule has 13 heavy (non-hydrogen) atoms. The van der Waals surface area contributed by atoms with Gasteiger partial charge in [0.05, 0.1) is 6.42 Å². The van der Waals surface area contributed by atoms with E-state index < -0.39 is 12.6 Å². The van der Waals surface area contributed by atoms with E-state index in [1.165, 1.54) is 18.2 Å². The lowest BCUT2D eigenvalue weighted by Gasteiger charge is -2.05. The SMILES string of the molecule is C=C/C=C(\C=C)CC(F)(F)F.CC. The fraction of sp³-hybridized carbons (Fsp3) is 0.400. The quantitative estimate of drug-likeness (QED) is 0.586. The van der Waals surface area contributed by atoms with Gasteiger partial charge in [0.15, 0.2) is 0 Å². The van der Waals surface area contributed by atoms with Crippen molar-refractivity contribution in [2.24, 2.45) is 0 Å². The molecule has 0 aliphatic carbocycles. The van der Waals surface area contributed by atoms with Gasteiger partial charge in [-0.05, 0) is 5.57 Å². The molecule has 0 aromatic rings. The number of rotatable bonds is 3. The summed E-state index contributed by atoms with van der Waals surface area (Å²) in [6.07, 6.45) is -1.33. The Balaban J connectivity index is 0. The highest BCUT2D eigenvalue weighted by atomic mass is 19.4. The minimum atomic E-state index is -4.16. The fourth-order valence-electron chi connectivity index (χ4n) is 0.582. The molecule has 0 aromatic carbocycles. The predicted molar refractivity (Wildman–Crippen MR) is 50.5 cm³/mol. The Hall–Kier alpha value is -0.990. The van der Waals surface area contributed by atoms with E-state index in [9.17, 15) is 13.2 Å². The molecule has 0 saturated heterocycles. The van der Waals surface area contributed by atoms with Gasteiger partial charge in [-0.15, -0.1) is 0 Å². The van der Waals surface area contributed by atoms with Crippen LogP contribution in [-0.4, -0.2) is 6.18 Å². The van der Waals surface area contributed by atoms with E-state index in [1.807, 2.05) is 13.8 Å². The van der Waals surface area contributed by atoms with Crippen molar-refractivity contribution in [3.05, 3.63) is 37.0 Å². The topological polar surface area (TPSA) is 0 Å². The molecule has 0 nitrogen and oxygen atoms in total. The molecule has 3 heteroatoms. The summed E-state index contributed by atoms with van der Waals surface area (Å²) in [5.41, 5.74) is 0.132. The van der Waals surface area contributed by atoms with Gasteiger partial charge in [-0.2, -0.15) is 13.2 Å². The van der Waals surface area contributed by atoms with E-state index in [1.54, 1.807) is 0 Å². The number of halogens is 3. The molecule has 0 aliphatic rings. The standard InChI is InChI=1S/C8H9F3.C2H6/c1-3-5-7(4-2)6-8(9,10)11;1-2/h3-5H,1-2,6H2;1-2H3/b7-5+;. The minimum Gasteiger partial charge on any atom is -0.171 e. The highest BCUT2D eigenvalue weighted by Gasteiger charge is 2.27. The van der Waals surface area contributed by atoms with Crippen molar-refractivity contribution in [2.75, 3.05) is 0 Å². The van der Waals surface area contributed by atoms with Gasteiger partial charge in [-0.3, -0.25) is 0 Å². The van der Waals surface area contributed by atoms with Crippen LogP contribution in [0.4, 0.5) is 13.2 Å². The van der Waals surface area contributed by atoms with Crippen LogP contribution in [0.3, 0.4) is 0 Å². The van der Waals surface area contributed by atoms with Crippen molar-refractivity contribution >= 4 is 0 Å². The number of hydrogen-bond donors (Lipinski definition) is 0. The molecule has 0 bridgehead atoms. The van der Waals surface area contributed by atoms with E-state index in [0.717, 1.165) is 0 Å². The van der Waals surface area contributed by atoms with E-state index in [-0.39, 0.29) is 5.57 Å². The van der Waals surface area contributed by atoms with Gasteiger partial charge in [0.25, 0.3) is 0 Å². The summed E-state index contributed by atoms with van der Waals surface area (Å²) in [5.74, 6) is 0. The smallest absolute Gasteiger partial charge is 0.171 e. The lowest BCUT2D eigenvalue weighted by Crippen LogP contribution is -2.07. The summed E-state index contributed by atoms with van der Waals surface area (Å²) >= 11 is 0. The fourth-order valence-corrected chi connectivity index (χ4v) is 0.582. The maximum Gasteiger partial charge on any atom is 0.393 e. The Morgan fingerprint density at radius 1 is 1.23 bits per heavy atom. The third kappa shape index (κ3) is 11.0. The van der Waals surface area contributed by atoms with Crippen molar-refractivity contribution in [2.45, 2.75) is 26.4 Å². The van der Waals surface area contributed by atoms with Crippen LogP contribution < -0.4 is 0 Å². The number of hydrogen-bond acceptors (Lipinski definition) is 0. The molecule has 0 aromatic heterocycles. The molecule has 0 atom stereocenters. The van der Waals surface area contributed by atoms with Gasteiger partial charge in [0.2, 0.25) is 0 Å². The summed E-state index contributed by atoms with van der Waals surface area (Å²) < 4.78 is 35.1. The van der Waals surface area contributed by atoms with Crippen molar-refractivity contribution in [3.8, 4) is 0 Å². The number of alkyl halides is 3. The Bertz CT molecular complexity index is 175. The highest BCUT2D eigenvalue weighted by molar-refractivity contribution is 5.21. The molecule has 0 unspecified atom stereocenters. The molecular formula is C10H15F3. The first kappa shape index (κ1) is 14.5. The molecule has 0 saturated carbocycles. The van der Waals surface area contributed by atoms with Crippen LogP contribution in [0, 0.1) is 0 Å². The molecule has 0 N–H and O–H groups in total. The molecule has 0 heterocycles. The van der Waals surface area contributed by atoms with E-state index in [2.05, 4.69) is 13.2 Å². The molecular weight excluding hydrogens is 177 g/mol. The van der Waals surface area contributed by atoms with Gasteiger partial charge in [-0.1, -0.05) is 45.2 Å². The zero-order chi connectivity index (χ0) is 10.9. The molecule has 0 radical (unpaired) electrons.